The highest BCUT2D eigenvalue weighted by molar-refractivity contribution is 5.95. The number of fused-ring (bicyclic) bond motifs is 1. The number of carbonyl (C=O) groups is 1. The fourth-order valence-corrected chi connectivity index (χ4v) is 3.30. The number of nitrogens with zero attached hydrogens (tertiary/aromatic N) is 3. The first-order chi connectivity index (χ1) is 13.5. The van der Waals surface area contributed by atoms with E-state index in [0.29, 0.717) is 18.8 Å². The lowest BCUT2D eigenvalue weighted by Gasteiger charge is -2.14. The van der Waals surface area contributed by atoms with Crippen molar-refractivity contribution in [1.82, 2.24) is 4.57 Å². The molecular weight excluding hydrogens is 358 g/mol. The Morgan fingerprint density at radius 2 is 1.93 bits per heavy atom. The topological polar surface area (TPSA) is 93.7 Å². The molecule has 1 aromatic heterocycles. The van der Waals surface area contributed by atoms with E-state index in [1.54, 1.807) is 37.6 Å². The number of nitriles is 1. The molecule has 7 nitrogen and oxygen atoms in total. The van der Waals surface area contributed by atoms with Crippen LogP contribution in [0.3, 0.4) is 0 Å². The van der Waals surface area contributed by atoms with Crippen molar-refractivity contribution in [1.29, 1.82) is 5.26 Å². The molecule has 0 bridgehead atoms. The minimum absolute atomic E-state index is 0.219. The summed E-state index contributed by atoms with van der Waals surface area (Å²) >= 11 is 0. The van der Waals surface area contributed by atoms with Gasteiger partial charge in [0, 0.05) is 40.7 Å². The summed E-state index contributed by atoms with van der Waals surface area (Å²) in [5, 5.41) is 12.9. The van der Waals surface area contributed by atoms with E-state index in [-0.39, 0.29) is 5.56 Å². The zero-order valence-electron chi connectivity index (χ0n) is 15.9. The maximum absolute atomic E-state index is 11.4. The molecule has 0 saturated heterocycles. The van der Waals surface area contributed by atoms with Gasteiger partial charge in [0.1, 0.15) is 18.4 Å². The minimum Gasteiger partial charge on any atom is -0.491 e. The van der Waals surface area contributed by atoms with E-state index in [9.17, 15) is 15.0 Å². The van der Waals surface area contributed by atoms with Gasteiger partial charge >= 0.3 is 5.91 Å². The number of benzene rings is 2. The van der Waals surface area contributed by atoms with Crippen LogP contribution in [-0.2, 0) is 4.74 Å². The van der Waals surface area contributed by atoms with Crippen LogP contribution in [0, 0.1) is 30.1 Å². The Hall–Kier alpha value is -3.50. The van der Waals surface area contributed by atoms with Gasteiger partial charge in [0.2, 0.25) is 0 Å². The number of aromatic nitrogens is 1. The van der Waals surface area contributed by atoms with Crippen molar-refractivity contribution in [2.75, 3.05) is 20.3 Å². The first kappa shape index (κ1) is 19.3. The summed E-state index contributed by atoms with van der Waals surface area (Å²) in [7, 11) is 1.62. The Morgan fingerprint density at radius 3 is 2.54 bits per heavy atom. The van der Waals surface area contributed by atoms with Gasteiger partial charge < -0.3 is 14.0 Å². The van der Waals surface area contributed by atoms with E-state index < -0.39 is 5.91 Å². The number of aryl methyl sites for hydroxylation is 2. The number of methoxy groups -OCH3 is 1. The van der Waals surface area contributed by atoms with Crippen molar-refractivity contribution in [3.8, 4) is 17.5 Å². The number of ether oxygens (including phenoxy) is 2. The number of nitroso groups, excluding NO2 is 1. The molecule has 1 heterocycles. The first-order valence-electron chi connectivity index (χ1n) is 8.67. The van der Waals surface area contributed by atoms with Gasteiger partial charge in [0.15, 0.2) is 0 Å². The van der Waals surface area contributed by atoms with E-state index in [1.807, 2.05) is 24.5 Å². The lowest BCUT2D eigenvalue weighted by atomic mass is 10.0. The van der Waals surface area contributed by atoms with E-state index in [4.69, 9.17) is 9.47 Å². The third-order valence-electron chi connectivity index (χ3n) is 4.60. The van der Waals surface area contributed by atoms with Crippen molar-refractivity contribution in [2.24, 2.45) is 5.18 Å². The summed E-state index contributed by atoms with van der Waals surface area (Å²) in [6.07, 6.45) is 1.75. The summed E-state index contributed by atoms with van der Waals surface area (Å²) in [5.41, 5.74) is 4.20. The maximum atomic E-state index is 11.4. The summed E-state index contributed by atoms with van der Waals surface area (Å²) in [6, 6.07) is 10.7. The molecule has 0 saturated carbocycles. The highest BCUT2D eigenvalue weighted by Crippen LogP contribution is 2.35. The van der Waals surface area contributed by atoms with Crippen molar-refractivity contribution in [3.63, 3.8) is 0 Å². The molecule has 2 aromatic carbocycles. The van der Waals surface area contributed by atoms with Crippen LogP contribution in [0.5, 0.6) is 5.75 Å². The second-order valence-electron chi connectivity index (χ2n) is 6.35. The molecule has 0 atom stereocenters. The van der Waals surface area contributed by atoms with Gasteiger partial charge in [0.05, 0.1) is 17.7 Å². The molecule has 0 spiro atoms. The minimum atomic E-state index is -0.814. The molecule has 0 aliphatic heterocycles. The molecule has 0 fully saturated rings. The summed E-state index contributed by atoms with van der Waals surface area (Å²) in [4.78, 5) is 21.8. The van der Waals surface area contributed by atoms with Gasteiger partial charge in [-0.1, -0.05) is 0 Å². The predicted octanol–water partition coefficient (Wildman–Crippen LogP) is 4.05. The van der Waals surface area contributed by atoms with Crippen molar-refractivity contribution in [2.45, 2.75) is 13.8 Å². The third kappa shape index (κ3) is 3.38. The van der Waals surface area contributed by atoms with Gasteiger partial charge in [-0.05, 0) is 49.7 Å². The van der Waals surface area contributed by atoms with Crippen LogP contribution in [0.2, 0.25) is 0 Å². The number of rotatable bonds is 6. The fraction of sp³-hybridized carbons (Fsp3) is 0.238. The van der Waals surface area contributed by atoms with E-state index >= 15 is 0 Å². The van der Waals surface area contributed by atoms with Gasteiger partial charge in [0.25, 0.3) is 0 Å². The van der Waals surface area contributed by atoms with Crippen molar-refractivity contribution < 1.29 is 14.3 Å². The molecule has 0 aliphatic carbocycles. The van der Waals surface area contributed by atoms with Gasteiger partial charge in [-0.15, -0.1) is 4.91 Å². The predicted molar refractivity (Wildman–Crippen MR) is 105 cm³/mol. The lowest BCUT2D eigenvalue weighted by Crippen LogP contribution is -2.06. The van der Waals surface area contributed by atoms with Crippen LogP contribution >= 0.6 is 0 Å². The molecule has 142 valence electrons. The number of carbonyl (C=O) groups excluding carboxylic acids is 1. The molecule has 0 aliphatic rings. The van der Waals surface area contributed by atoms with Crippen LogP contribution in [0.25, 0.3) is 16.6 Å². The number of hydrogen-bond acceptors (Lipinski definition) is 5. The summed E-state index contributed by atoms with van der Waals surface area (Å²) < 4.78 is 12.8. The molecule has 28 heavy (non-hydrogen) atoms. The quantitative estimate of drug-likeness (QED) is 0.477. The second-order valence-corrected chi connectivity index (χ2v) is 6.35. The van der Waals surface area contributed by atoms with Crippen LogP contribution in [-0.4, -0.2) is 30.8 Å². The number of amides is 1. The molecular formula is C21H19N3O4. The fourth-order valence-electron chi connectivity index (χ4n) is 3.30. The average Bonchev–Trinajstić information content (AvgIpc) is 3.08. The van der Waals surface area contributed by atoms with Crippen LogP contribution in [0.1, 0.15) is 27.0 Å². The van der Waals surface area contributed by atoms with Gasteiger partial charge in [-0.3, -0.25) is 4.79 Å². The highest BCUT2D eigenvalue weighted by Gasteiger charge is 2.18. The molecule has 1 amide bonds. The highest BCUT2D eigenvalue weighted by atomic mass is 16.5. The Kier molecular flexibility index (Phi) is 5.52. The lowest BCUT2D eigenvalue weighted by molar-refractivity contribution is 0.100. The summed E-state index contributed by atoms with van der Waals surface area (Å²) in [6.45, 7) is 4.78. The smallest absolute Gasteiger partial charge is 0.316 e. The molecule has 0 unspecified atom stereocenters. The molecule has 0 N–H and O–H groups in total. The zero-order chi connectivity index (χ0) is 20.3. The maximum Gasteiger partial charge on any atom is 0.316 e. The van der Waals surface area contributed by atoms with Gasteiger partial charge in [-0.25, -0.2) is 0 Å². The van der Waals surface area contributed by atoms with E-state index in [0.717, 1.165) is 33.5 Å². The third-order valence-corrected chi connectivity index (χ3v) is 4.60. The SMILES string of the molecule is COCCOc1c(C)cc2c(c(C#N)cn2-c2ccc(C(=O)N=O)cc2)c1C. The van der Waals surface area contributed by atoms with E-state index in [1.165, 1.54) is 0 Å². The summed E-state index contributed by atoms with van der Waals surface area (Å²) in [5.74, 6) is -0.0667. The Bertz CT molecular complexity index is 1090. The van der Waals surface area contributed by atoms with E-state index in [2.05, 4.69) is 11.2 Å². The first-order valence-corrected chi connectivity index (χ1v) is 8.67. The molecule has 3 rings (SSSR count). The van der Waals surface area contributed by atoms with Crippen LogP contribution in [0.15, 0.2) is 41.7 Å². The second kappa shape index (κ2) is 8.03. The number of hydrogen-bond donors (Lipinski definition) is 0. The Balaban J connectivity index is 2.14. The Morgan fingerprint density at radius 1 is 1.21 bits per heavy atom. The average molecular weight is 377 g/mol. The molecule has 0 radical (unpaired) electrons. The van der Waals surface area contributed by atoms with Gasteiger partial charge in [-0.2, -0.15) is 5.26 Å². The van der Waals surface area contributed by atoms with Crippen LogP contribution < -0.4 is 4.74 Å². The normalized spacial score (nSPS) is 10.6. The monoisotopic (exact) mass is 377 g/mol. The Labute approximate surface area is 162 Å². The zero-order valence-corrected chi connectivity index (χ0v) is 15.9. The molecule has 3 aromatic rings. The van der Waals surface area contributed by atoms with Crippen LogP contribution in [0.4, 0.5) is 0 Å². The van der Waals surface area contributed by atoms with Crippen molar-refractivity contribution in [3.05, 3.63) is 63.7 Å². The van der Waals surface area contributed by atoms with Crippen molar-refractivity contribution >= 4 is 16.8 Å². The molecule has 7 heteroatoms. The standard InChI is InChI=1S/C21H19N3O4/c1-13-10-18-19(14(2)20(13)28-9-8-27-3)16(11-22)12-24(18)17-6-4-15(5-7-17)21(25)23-26/h4-7,10,12H,8-9H2,1-3H3. The largest absolute Gasteiger partial charge is 0.491 e.